The van der Waals surface area contributed by atoms with Crippen molar-refractivity contribution in [3.05, 3.63) is 0 Å². The van der Waals surface area contributed by atoms with Crippen molar-refractivity contribution in [2.45, 2.75) is 53.9 Å². The summed E-state index contributed by atoms with van der Waals surface area (Å²) in [5.74, 6) is 1.55. The molecule has 0 unspecified atom stereocenters. The van der Waals surface area contributed by atoms with Crippen molar-refractivity contribution in [1.29, 1.82) is 0 Å². The predicted octanol–water partition coefficient (Wildman–Crippen LogP) is 2.97. The number of nitrogens with zero attached hydrogens (tertiary/aromatic N) is 2. The Labute approximate surface area is 96.0 Å². The van der Waals surface area contributed by atoms with Gasteiger partial charge in [0.2, 0.25) is 5.84 Å². The van der Waals surface area contributed by atoms with E-state index in [1.165, 1.54) is 19.3 Å². The van der Waals surface area contributed by atoms with Gasteiger partial charge in [-0.25, -0.2) is 0 Å². The van der Waals surface area contributed by atoms with Gasteiger partial charge in [0.1, 0.15) is 0 Å². The second kappa shape index (κ2) is 8.75. The van der Waals surface area contributed by atoms with Gasteiger partial charge in [0.05, 0.1) is 26.2 Å². The molecule has 0 aromatic carbocycles. The van der Waals surface area contributed by atoms with Gasteiger partial charge < -0.3 is 0 Å². The molecule has 0 fully saturated rings. The van der Waals surface area contributed by atoms with Crippen molar-refractivity contribution in [3.63, 3.8) is 0 Å². The van der Waals surface area contributed by atoms with Crippen LogP contribution in [0.4, 0.5) is 0 Å². The van der Waals surface area contributed by atoms with Gasteiger partial charge in [-0.1, -0.05) is 13.3 Å². The smallest absolute Gasteiger partial charge is 0.246 e. The highest BCUT2D eigenvalue weighted by molar-refractivity contribution is 5.77. The average molecular weight is 213 g/mol. The molecular weight excluding hydrogens is 184 g/mol. The summed E-state index contributed by atoms with van der Waals surface area (Å²) < 4.78 is 2.50. The van der Waals surface area contributed by atoms with Crippen LogP contribution in [-0.2, 0) is 0 Å². The number of unbranched alkanes of at least 4 members (excludes halogenated alkanes) is 1. The fourth-order valence-corrected chi connectivity index (χ4v) is 2.03. The Hall–Kier alpha value is -0.530. The second-order valence-corrected chi connectivity index (χ2v) is 3.86. The van der Waals surface area contributed by atoms with Crippen LogP contribution in [0.15, 0.2) is 0 Å². The van der Waals surface area contributed by atoms with Gasteiger partial charge in [0.15, 0.2) is 0 Å². The lowest BCUT2D eigenvalue weighted by molar-refractivity contribution is -0.526. The molecule has 0 atom stereocenters. The van der Waals surface area contributed by atoms with Gasteiger partial charge in [0, 0.05) is 6.42 Å². The molecule has 0 aromatic rings. The van der Waals surface area contributed by atoms with Crippen molar-refractivity contribution < 1.29 is 4.58 Å². The van der Waals surface area contributed by atoms with Crippen LogP contribution in [0.3, 0.4) is 0 Å². The second-order valence-electron chi connectivity index (χ2n) is 3.86. The first-order chi connectivity index (χ1) is 7.24. The molecule has 0 spiro atoms. The highest BCUT2D eigenvalue weighted by Gasteiger charge is 2.17. The van der Waals surface area contributed by atoms with Gasteiger partial charge in [-0.15, -0.1) is 0 Å². The largest absolute Gasteiger partial charge is 0.266 e. The minimum Gasteiger partial charge on any atom is -0.266 e. The Balaban J connectivity index is 4.74. The van der Waals surface area contributed by atoms with E-state index in [-0.39, 0.29) is 0 Å². The normalized spacial score (nSPS) is 10.2. The molecule has 0 radical (unpaired) electrons. The van der Waals surface area contributed by atoms with E-state index in [0.29, 0.717) is 0 Å². The summed E-state index contributed by atoms with van der Waals surface area (Å²) in [5.41, 5.74) is 0. The predicted molar refractivity (Wildman–Crippen MR) is 68.8 cm³/mol. The summed E-state index contributed by atoms with van der Waals surface area (Å²) in [5, 5.41) is 0. The lowest BCUT2D eigenvalue weighted by Gasteiger charge is -2.19. The summed E-state index contributed by atoms with van der Waals surface area (Å²) in [6.07, 6.45) is 3.83. The number of amidine groups is 1. The molecule has 0 aliphatic heterocycles. The molecule has 0 aliphatic carbocycles. The SMILES string of the molecule is CCCCC(N(CC)CC)=[N+](CC)CC. The zero-order valence-corrected chi connectivity index (χ0v) is 11.3. The van der Waals surface area contributed by atoms with Crippen LogP contribution in [0.1, 0.15) is 53.9 Å². The fraction of sp³-hybridized carbons (Fsp3) is 0.923. The third kappa shape index (κ3) is 4.67. The molecule has 0 bridgehead atoms. The zero-order valence-electron chi connectivity index (χ0n) is 11.3. The summed E-state index contributed by atoms with van der Waals surface area (Å²) in [6, 6.07) is 0. The maximum absolute atomic E-state index is 2.50. The molecule has 0 saturated carbocycles. The summed E-state index contributed by atoms with van der Waals surface area (Å²) in [7, 11) is 0. The van der Waals surface area contributed by atoms with Gasteiger partial charge in [-0.2, -0.15) is 0 Å². The van der Waals surface area contributed by atoms with E-state index in [4.69, 9.17) is 0 Å². The Kier molecular flexibility index (Phi) is 8.44. The minimum atomic E-state index is 1.13. The number of hydrogen-bond acceptors (Lipinski definition) is 0. The average Bonchev–Trinajstić information content (AvgIpc) is 2.28. The third-order valence-corrected chi connectivity index (χ3v) is 3.01. The Morgan fingerprint density at radius 1 is 0.933 bits per heavy atom. The van der Waals surface area contributed by atoms with E-state index >= 15 is 0 Å². The molecule has 0 saturated heterocycles. The van der Waals surface area contributed by atoms with Crippen LogP contribution in [0, 0.1) is 0 Å². The van der Waals surface area contributed by atoms with Crippen molar-refractivity contribution in [3.8, 4) is 0 Å². The first-order valence-electron chi connectivity index (χ1n) is 6.60. The molecule has 2 nitrogen and oxygen atoms in total. The van der Waals surface area contributed by atoms with Crippen molar-refractivity contribution in [2.75, 3.05) is 26.2 Å². The molecule has 90 valence electrons. The van der Waals surface area contributed by atoms with Gasteiger partial charge >= 0.3 is 0 Å². The summed E-state index contributed by atoms with van der Waals surface area (Å²) in [4.78, 5) is 2.50. The van der Waals surface area contributed by atoms with Crippen LogP contribution in [0.5, 0.6) is 0 Å². The van der Waals surface area contributed by atoms with Crippen LogP contribution < -0.4 is 0 Å². The van der Waals surface area contributed by atoms with Crippen molar-refractivity contribution in [1.82, 2.24) is 4.90 Å². The molecule has 0 aliphatic rings. The molecule has 15 heavy (non-hydrogen) atoms. The molecule has 0 aromatic heterocycles. The Morgan fingerprint density at radius 3 is 1.80 bits per heavy atom. The molecular formula is C13H29N2+. The first-order valence-corrected chi connectivity index (χ1v) is 6.60. The third-order valence-electron chi connectivity index (χ3n) is 3.01. The quantitative estimate of drug-likeness (QED) is 0.358. The summed E-state index contributed by atoms with van der Waals surface area (Å²) in [6.45, 7) is 15.8. The van der Waals surface area contributed by atoms with Gasteiger partial charge in [-0.3, -0.25) is 9.48 Å². The first kappa shape index (κ1) is 14.5. The molecule has 0 heterocycles. The van der Waals surface area contributed by atoms with E-state index in [9.17, 15) is 0 Å². The maximum atomic E-state index is 2.50. The lowest BCUT2D eigenvalue weighted by atomic mass is 10.2. The fourth-order valence-electron chi connectivity index (χ4n) is 2.03. The topological polar surface area (TPSA) is 6.25 Å². The van der Waals surface area contributed by atoms with Gasteiger partial charge in [0.25, 0.3) is 0 Å². The highest BCUT2D eigenvalue weighted by Crippen LogP contribution is 2.03. The molecule has 0 amide bonds. The van der Waals surface area contributed by atoms with Crippen LogP contribution >= 0.6 is 0 Å². The molecule has 0 rings (SSSR count). The number of rotatable bonds is 7. The van der Waals surface area contributed by atoms with Gasteiger partial charge in [-0.05, 0) is 34.1 Å². The van der Waals surface area contributed by atoms with E-state index in [1.54, 1.807) is 5.84 Å². The van der Waals surface area contributed by atoms with Crippen LogP contribution in [0.2, 0.25) is 0 Å². The maximum Gasteiger partial charge on any atom is 0.246 e. The Morgan fingerprint density at radius 2 is 1.47 bits per heavy atom. The Bertz CT molecular complexity index is 175. The van der Waals surface area contributed by atoms with Crippen LogP contribution in [0.25, 0.3) is 0 Å². The molecule has 2 heteroatoms. The van der Waals surface area contributed by atoms with E-state index < -0.39 is 0 Å². The standard InChI is InChI=1S/C13H29N2/c1-6-11-12-13(14(7-2)8-3)15(9-4)10-5/h6-12H2,1-5H3/q+1. The minimum absolute atomic E-state index is 1.13. The van der Waals surface area contributed by atoms with E-state index in [1.807, 2.05) is 0 Å². The van der Waals surface area contributed by atoms with Crippen molar-refractivity contribution >= 4 is 5.84 Å². The van der Waals surface area contributed by atoms with Crippen LogP contribution in [-0.4, -0.2) is 41.5 Å². The van der Waals surface area contributed by atoms with E-state index in [2.05, 4.69) is 44.1 Å². The van der Waals surface area contributed by atoms with Crippen molar-refractivity contribution in [2.24, 2.45) is 0 Å². The lowest BCUT2D eigenvalue weighted by Crippen LogP contribution is -2.38. The number of hydrogen-bond donors (Lipinski definition) is 0. The zero-order chi connectivity index (χ0) is 11.7. The summed E-state index contributed by atoms with van der Waals surface area (Å²) >= 11 is 0. The van der Waals surface area contributed by atoms with E-state index in [0.717, 1.165) is 26.2 Å². The molecule has 0 N–H and O–H groups in total. The highest BCUT2D eigenvalue weighted by atomic mass is 15.2. The monoisotopic (exact) mass is 213 g/mol.